The van der Waals surface area contributed by atoms with Gasteiger partial charge in [0.15, 0.2) is 23.0 Å². The van der Waals surface area contributed by atoms with Gasteiger partial charge in [0, 0.05) is 25.9 Å². The lowest BCUT2D eigenvalue weighted by Gasteiger charge is -2.37. The molecule has 0 aromatic carbocycles. The van der Waals surface area contributed by atoms with Crippen molar-refractivity contribution < 1.29 is 112 Å². The molecule has 0 aliphatic carbocycles. The first kappa shape index (κ1) is 70.7. The average molecular weight is 1250 g/mol. The van der Waals surface area contributed by atoms with E-state index in [1.54, 1.807) is 27.7 Å². The Labute approximate surface area is 494 Å². The van der Waals surface area contributed by atoms with E-state index in [4.69, 9.17) is 81.5 Å². The molecule has 8 atom stereocenters. The minimum atomic E-state index is -4.64. The summed E-state index contributed by atoms with van der Waals surface area (Å²) in [4.78, 5) is 38.9. The molecule has 27 nitrogen and oxygen atoms in total. The number of anilines is 2. The van der Waals surface area contributed by atoms with E-state index >= 15 is 0 Å². The van der Waals surface area contributed by atoms with Gasteiger partial charge in [-0.3, -0.25) is 19.6 Å². The first-order valence-electron chi connectivity index (χ1n) is 28.5. The van der Waals surface area contributed by atoms with Crippen molar-refractivity contribution >= 4 is 23.5 Å². The molecule has 86 heavy (non-hydrogen) atoms. The zero-order chi connectivity index (χ0) is 61.8. The van der Waals surface area contributed by atoms with Crippen LogP contribution in [0.5, 0.6) is 0 Å². The third-order valence-electron chi connectivity index (χ3n) is 12.9. The Balaban J connectivity index is 0.638. The van der Waals surface area contributed by atoms with Crippen molar-refractivity contribution in [3.05, 3.63) is 36.2 Å². The van der Waals surface area contributed by atoms with E-state index in [9.17, 15) is 35.9 Å². The second-order valence-corrected chi connectivity index (χ2v) is 20.9. The SMILES string of the molecule is CC1(C)O[C@@H]2[C@H](O1)[C@@H](Nc1cncc(C(F)(F)F)n1)CO[C@@H]2COCCOCCOCCOCCNC(=O)CCOCC(N)COCCC(=O)NCCOCCOCCOCCOC[C@H]1OC[C@H](Nc2cncc(C(F)(F)F)n2)[C@H]2OC(C)(C)O[C@H]21. The van der Waals surface area contributed by atoms with E-state index in [0.29, 0.717) is 105 Å². The number of aromatic nitrogens is 4. The van der Waals surface area contributed by atoms with Crippen LogP contribution in [0.4, 0.5) is 38.0 Å². The van der Waals surface area contributed by atoms with Crippen LogP contribution in [-0.4, -0.2) is 257 Å². The highest BCUT2D eigenvalue weighted by molar-refractivity contribution is 5.76. The number of rotatable bonds is 42. The van der Waals surface area contributed by atoms with Crippen molar-refractivity contribution in [1.82, 2.24) is 30.6 Å². The third-order valence-corrected chi connectivity index (χ3v) is 12.9. The van der Waals surface area contributed by atoms with Crippen LogP contribution in [0.25, 0.3) is 0 Å². The molecule has 33 heteroatoms. The van der Waals surface area contributed by atoms with Crippen molar-refractivity contribution in [2.75, 3.05) is 169 Å². The third kappa shape index (κ3) is 26.0. The molecule has 0 radical (unpaired) electrons. The molecule has 4 saturated heterocycles. The van der Waals surface area contributed by atoms with Gasteiger partial charge in [-0.05, 0) is 27.7 Å². The standard InChI is InChI=1S/C53H83F6N9O18/c1-50(2)83-46-36(65-42-27-61-25-40(67-42)52(54,55)56)31-81-38(48(46)85-50)33-79-23-21-75-19-17-73-15-13-71-11-7-63-44(69)5-9-77-29-35(60)30-78-10-6-45(70)64-8-12-72-14-16-74-18-20-76-22-24-80-34-39-49-47(84-51(3,4)86-49)37(32-82-39)66-43-28-62-26-41(68-43)53(57,58)59/h25-28,35-39,46-49H,5-24,29-34,60H2,1-4H3,(H,63,69)(H,64,70)(H,65,67)(H,66,68)/t36-,37-,38+,39+,46+,47+,48-,49-/m0/s1. The fourth-order valence-corrected chi connectivity index (χ4v) is 8.99. The molecule has 6 rings (SSSR count). The summed E-state index contributed by atoms with van der Waals surface area (Å²) in [7, 11) is 0. The number of fused-ring (bicyclic) bond motifs is 2. The summed E-state index contributed by atoms with van der Waals surface area (Å²) in [5, 5.41) is 11.4. The molecule has 4 aliphatic rings. The monoisotopic (exact) mass is 1250 g/mol. The molecule has 0 bridgehead atoms. The van der Waals surface area contributed by atoms with Gasteiger partial charge in [-0.15, -0.1) is 0 Å². The molecule has 6 heterocycles. The molecule has 490 valence electrons. The summed E-state index contributed by atoms with van der Waals surface area (Å²) in [6.07, 6.45) is -8.41. The molecule has 2 aromatic rings. The minimum Gasteiger partial charge on any atom is -0.379 e. The predicted octanol–water partition coefficient (Wildman–Crippen LogP) is 1.91. The van der Waals surface area contributed by atoms with Gasteiger partial charge >= 0.3 is 12.4 Å². The van der Waals surface area contributed by atoms with Crippen molar-refractivity contribution in [2.45, 2.75) is 119 Å². The fourth-order valence-electron chi connectivity index (χ4n) is 8.99. The molecular weight excluding hydrogens is 1160 g/mol. The van der Waals surface area contributed by atoms with E-state index in [-0.39, 0.29) is 102 Å². The predicted molar refractivity (Wildman–Crippen MR) is 287 cm³/mol. The minimum absolute atomic E-state index is 0.0570. The largest absolute Gasteiger partial charge is 0.434 e. The number of carbonyl (C=O) groups is 2. The Kier molecular flexibility index (Phi) is 29.8. The maximum Gasteiger partial charge on any atom is 0.434 e. The van der Waals surface area contributed by atoms with Crippen LogP contribution in [0.15, 0.2) is 24.8 Å². The van der Waals surface area contributed by atoms with Crippen LogP contribution in [-0.2, 0) is 97.7 Å². The Bertz CT molecular complexity index is 2120. The summed E-state index contributed by atoms with van der Waals surface area (Å²) in [6, 6.07) is -1.53. The maximum atomic E-state index is 13.2. The Morgan fingerprint density at radius 1 is 0.512 bits per heavy atom. The van der Waals surface area contributed by atoms with Gasteiger partial charge in [0.05, 0.1) is 188 Å². The van der Waals surface area contributed by atoms with Gasteiger partial charge in [0.1, 0.15) is 48.3 Å². The zero-order valence-corrected chi connectivity index (χ0v) is 48.9. The maximum absolute atomic E-state index is 13.2. The summed E-state index contributed by atoms with van der Waals surface area (Å²) >= 11 is 0. The molecule has 2 amide bonds. The van der Waals surface area contributed by atoms with Crippen molar-refractivity contribution in [3.63, 3.8) is 0 Å². The number of halogens is 6. The average Bonchev–Trinajstić information content (AvgIpc) is 1.78. The quantitative estimate of drug-likeness (QED) is 0.0468. The van der Waals surface area contributed by atoms with Gasteiger partial charge in [-0.1, -0.05) is 0 Å². The number of amides is 2. The van der Waals surface area contributed by atoms with E-state index < -0.39 is 90.1 Å². The molecule has 4 aliphatic heterocycles. The number of nitrogens with two attached hydrogens (primary N) is 1. The number of nitrogens with one attached hydrogen (secondary N) is 4. The molecule has 0 unspecified atom stereocenters. The lowest BCUT2D eigenvalue weighted by Crippen LogP contribution is -2.55. The van der Waals surface area contributed by atoms with Crippen LogP contribution >= 0.6 is 0 Å². The van der Waals surface area contributed by atoms with E-state index in [1.807, 2.05) is 0 Å². The van der Waals surface area contributed by atoms with Gasteiger partial charge < -0.3 is 103 Å². The first-order chi connectivity index (χ1) is 41.2. The van der Waals surface area contributed by atoms with Crippen LogP contribution < -0.4 is 27.0 Å². The second kappa shape index (κ2) is 36.3. The smallest absolute Gasteiger partial charge is 0.379 e. The lowest BCUT2D eigenvalue weighted by atomic mass is 9.98. The first-order valence-corrected chi connectivity index (χ1v) is 28.5. The highest BCUT2D eigenvalue weighted by Gasteiger charge is 2.53. The number of hydrogen-bond acceptors (Lipinski definition) is 25. The molecule has 4 fully saturated rings. The van der Waals surface area contributed by atoms with E-state index in [2.05, 4.69) is 41.2 Å². The van der Waals surface area contributed by atoms with E-state index in [1.165, 1.54) is 12.4 Å². The molecule has 2 aromatic heterocycles. The highest BCUT2D eigenvalue weighted by Crippen LogP contribution is 2.38. The van der Waals surface area contributed by atoms with E-state index in [0.717, 1.165) is 0 Å². The number of nitrogens with zero attached hydrogens (tertiary/aromatic N) is 4. The topological polar surface area (TPSA) is 308 Å². The van der Waals surface area contributed by atoms with Crippen LogP contribution in [0, 0.1) is 0 Å². The molecular formula is C53H83F6N9O18. The molecule has 6 N–H and O–H groups in total. The van der Waals surface area contributed by atoms with Gasteiger partial charge in [0.25, 0.3) is 0 Å². The van der Waals surface area contributed by atoms with Crippen molar-refractivity contribution in [1.29, 1.82) is 0 Å². The normalized spacial score (nSPS) is 23.8. The fraction of sp³-hybridized carbons (Fsp3) is 0.811. The Morgan fingerprint density at radius 2 is 0.849 bits per heavy atom. The number of carbonyl (C=O) groups excluding carboxylic acids is 2. The van der Waals surface area contributed by atoms with Crippen LogP contribution in [0.1, 0.15) is 51.9 Å². The Hall–Kier alpha value is -4.40. The Morgan fingerprint density at radius 3 is 1.21 bits per heavy atom. The number of hydrogen-bond donors (Lipinski definition) is 5. The summed E-state index contributed by atoms with van der Waals surface area (Å²) in [6.45, 7) is 13.3. The number of ether oxygens (including phenoxy) is 16. The molecule has 0 saturated carbocycles. The van der Waals surface area contributed by atoms with Crippen molar-refractivity contribution in [3.8, 4) is 0 Å². The van der Waals surface area contributed by atoms with Crippen molar-refractivity contribution in [2.24, 2.45) is 5.73 Å². The summed E-state index contributed by atoms with van der Waals surface area (Å²) in [5.41, 5.74) is 3.81. The highest BCUT2D eigenvalue weighted by atomic mass is 19.4. The van der Waals surface area contributed by atoms with Gasteiger partial charge in [-0.2, -0.15) is 26.3 Å². The second-order valence-electron chi connectivity index (χ2n) is 20.9. The summed E-state index contributed by atoms with van der Waals surface area (Å²) in [5.74, 6) is -2.41. The molecule has 0 spiro atoms. The van der Waals surface area contributed by atoms with Crippen LogP contribution in [0.3, 0.4) is 0 Å². The van der Waals surface area contributed by atoms with Crippen LogP contribution in [0.2, 0.25) is 0 Å². The zero-order valence-electron chi connectivity index (χ0n) is 48.9. The van der Waals surface area contributed by atoms with Gasteiger partial charge in [-0.25, -0.2) is 9.97 Å². The number of alkyl halides is 6. The lowest BCUT2D eigenvalue weighted by molar-refractivity contribution is -0.161. The summed E-state index contributed by atoms with van der Waals surface area (Å²) < 4.78 is 171. The van der Waals surface area contributed by atoms with Gasteiger partial charge in [0.2, 0.25) is 11.8 Å².